The van der Waals surface area contributed by atoms with Crippen LogP contribution in [0.25, 0.3) is 0 Å². The van der Waals surface area contributed by atoms with E-state index in [9.17, 15) is 4.79 Å². The van der Waals surface area contributed by atoms with Gasteiger partial charge in [0.25, 0.3) is 0 Å². The van der Waals surface area contributed by atoms with E-state index in [1.54, 1.807) is 6.20 Å². The average Bonchev–Trinajstić information content (AvgIpc) is 2.66. The molecule has 1 aromatic rings. The molecule has 1 N–H and O–H groups in total. The van der Waals surface area contributed by atoms with Gasteiger partial charge in [-0.1, -0.05) is 0 Å². The fourth-order valence-corrected chi connectivity index (χ4v) is 2.92. The van der Waals surface area contributed by atoms with E-state index in [1.807, 2.05) is 0 Å². The zero-order chi connectivity index (χ0) is 11.4. The second-order valence-corrected chi connectivity index (χ2v) is 5.28. The van der Waals surface area contributed by atoms with Crippen LogP contribution in [-0.4, -0.2) is 29.3 Å². The Balaban J connectivity index is 1.88. The van der Waals surface area contributed by atoms with Gasteiger partial charge in [0.1, 0.15) is 0 Å². The molecule has 16 heavy (non-hydrogen) atoms. The molecule has 0 spiro atoms. The highest BCUT2D eigenvalue weighted by molar-refractivity contribution is 7.11. The highest BCUT2D eigenvalue weighted by atomic mass is 32.1. The van der Waals surface area contributed by atoms with Crippen LogP contribution >= 0.6 is 11.3 Å². The molecule has 4 nitrogen and oxygen atoms in total. The molecule has 1 aromatic heterocycles. The fraction of sp³-hybridized carbons (Fsp3) is 0.636. The number of aliphatic carboxylic acids is 1. The van der Waals surface area contributed by atoms with Gasteiger partial charge in [0.2, 0.25) is 0 Å². The van der Waals surface area contributed by atoms with Crippen molar-refractivity contribution in [3.05, 3.63) is 16.1 Å². The first kappa shape index (κ1) is 11.5. The van der Waals surface area contributed by atoms with Crippen LogP contribution in [0, 0.1) is 5.92 Å². The van der Waals surface area contributed by atoms with Crippen molar-refractivity contribution in [2.45, 2.75) is 25.7 Å². The Morgan fingerprint density at radius 3 is 3.25 bits per heavy atom. The maximum atomic E-state index is 10.5. The Bertz CT molecular complexity index is 358. The predicted molar refractivity (Wildman–Crippen MR) is 60.7 cm³/mol. The van der Waals surface area contributed by atoms with E-state index in [-0.39, 0.29) is 6.42 Å². The Labute approximate surface area is 98.3 Å². The summed E-state index contributed by atoms with van der Waals surface area (Å²) in [6.45, 7) is 1.69. The minimum absolute atomic E-state index is 0.0822. The Morgan fingerprint density at radius 2 is 2.56 bits per heavy atom. The number of hydrogen-bond donors (Lipinski definition) is 1. The summed E-state index contributed by atoms with van der Waals surface area (Å²) >= 11 is 1.51. The molecule has 1 atom stereocenters. The molecule has 1 unspecified atom stereocenters. The average molecular weight is 241 g/mol. The molecule has 0 amide bonds. The quantitative estimate of drug-likeness (QED) is 0.872. The maximum absolute atomic E-state index is 10.5. The lowest BCUT2D eigenvalue weighted by Gasteiger charge is -2.20. The summed E-state index contributed by atoms with van der Waals surface area (Å²) in [5, 5.41) is 9.69. The van der Waals surface area contributed by atoms with Crippen molar-refractivity contribution in [2.75, 3.05) is 13.2 Å². The van der Waals surface area contributed by atoms with Crippen LogP contribution in [0.2, 0.25) is 0 Å². The van der Waals surface area contributed by atoms with Gasteiger partial charge in [-0.25, -0.2) is 4.98 Å². The van der Waals surface area contributed by atoms with Crippen molar-refractivity contribution in [1.82, 2.24) is 4.98 Å². The predicted octanol–water partition coefficient (Wildman–Crippen LogP) is 1.74. The number of rotatable bonds is 4. The van der Waals surface area contributed by atoms with Crippen LogP contribution < -0.4 is 0 Å². The van der Waals surface area contributed by atoms with Gasteiger partial charge in [-0.3, -0.25) is 4.79 Å². The van der Waals surface area contributed by atoms with Gasteiger partial charge in [-0.2, -0.15) is 0 Å². The van der Waals surface area contributed by atoms with Crippen LogP contribution in [0.3, 0.4) is 0 Å². The number of ether oxygens (including phenoxy) is 1. The van der Waals surface area contributed by atoms with Gasteiger partial charge in [0.05, 0.1) is 11.4 Å². The van der Waals surface area contributed by atoms with E-state index in [0.717, 1.165) is 35.9 Å². The summed E-state index contributed by atoms with van der Waals surface area (Å²) < 4.78 is 5.41. The van der Waals surface area contributed by atoms with Crippen molar-refractivity contribution in [3.63, 3.8) is 0 Å². The zero-order valence-electron chi connectivity index (χ0n) is 9.02. The van der Waals surface area contributed by atoms with Crippen molar-refractivity contribution < 1.29 is 14.6 Å². The zero-order valence-corrected chi connectivity index (χ0v) is 9.83. The second-order valence-electron chi connectivity index (χ2n) is 4.08. The van der Waals surface area contributed by atoms with Gasteiger partial charge < -0.3 is 9.84 Å². The molecule has 0 aromatic carbocycles. The lowest BCUT2D eigenvalue weighted by Crippen LogP contribution is -2.19. The van der Waals surface area contributed by atoms with Gasteiger partial charge in [-0.05, 0) is 18.8 Å². The van der Waals surface area contributed by atoms with E-state index in [1.165, 1.54) is 17.8 Å². The largest absolute Gasteiger partial charge is 0.481 e. The minimum atomic E-state index is -0.795. The SMILES string of the molecule is O=C(O)Cc1cnc(CC2CCCOC2)s1. The molecule has 2 heterocycles. The highest BCUT2D eigenvalue weighted by Crippen LogP contribution is 2.22. The van der Waals surface area contributed by atoms with E-state index in [0.29, 0.717) is 5.92 Å². The molecule has 1 saturated heterocycles. The molecular weight excluding hydrogens is 226 g/mol. The number of carboxylic acid groups (broad SMARTS) is 1. The van der Waals surface area contributed by atoms with Gasteiger partial charge in [0, 0.05) is 30.7 Å². The number of aromatic nitrogens is 1. The Hall–Kier alpha value is -0.940. The highest BCUT2D eigenvalue weighted by Gasteiger charge is 2.16. The molecule has 5 heteroatoms. The molecule has 0 bridgehead atoms. The van der Waals surface area contributed by atoms with Crippen molar-refractivity contribution in [3.8, 4) is 0 Å². The summed E-state index contributed by atoms with van der Waals surface area (Å²) in [5.74, 6) is -0.242. The monoisotopic (exact) mass is 241 g/mol. The van der Waals surface area contributed by atoms with Crippen LogP contribution in [0.5, 0.6) is 0 Å². The van der Waals surface area contributed by atoms with Crippen LogP contribution in [0.1, 0.15) is 22.7 Å². The van der Waals surface area contributed by atoms with Crippen LogP contribution in [0.15, 0.2) is 6.20 Å². The minimum Gasteiger partial charge on any atom is -0.481 e. The van der Waals surface area contributed by atoms with Crippen molar-refractivity contribution in [1.29, 1.82) is 0 Å². The van der Waals surface area contributed by atoms with E-state index in [4.69, 9.17) is 9.84 Å². The summed E-state index contributed by atoms with van der Waals surface area (Å²) in [6.07, 6.45) is 4.99. The van der Waals surface area contributed by atoms with Gasteiger partial charge in [0.15, 0.2) is 0 Å². The van der Waals surface area contributed by atoms with Gasteiger partial charge >= 0.3 is 5.97 Å². The molecule has 2 rings (SSSR count). The van der Waals surface area contributed by atoms with E-state index in [2.05, 4.69) is 4.98 Å². The molecule has 0 aliphatic carbocycles. The molecular formula is C11H15NO3S. The molecule has 1 aliphatic heterocycles. The first-order valence-corrected chi connectivity index (χ1v) is 6.29. The molecule has 1 aliphatic rings. The van der Waals surface area contributed by atoms with Crippen molar-refractivity contribution in [2.24, 2.45) is 5.92 Å². The Kier molecular flexibility index (Phi) is 3.90. The van der Waals surface area contributed by atoms with Crippen LogP contribution in [0.4, 0.5) is 0 Å². The third-order valence-electron chi connectivity index (χ3n) is 2.64. The smallest absolute Gasteiger partial charge is 0.308 e. The lowest BCUT2D eigenvalue weighted by atomic mass is 9.99. The summed E-state index contributed by atoms with van der Waals surface area (Å²) in [7, 11) is 0. The fourth-order valence-electron chi connectivity index (χ4n) is 1.89. The summed E-state index contributed by atoms with van der Waals surface area (Å²) in [4.78, 5) is 15.6. The topological polar surface area (TPSA) is 59.4 Å². The molecule has 1 fully saturated rings. The maximum Gasteiger partial charge on any atom is 0.308 e. The molecule has 88 valence electrons. The number of carboxylic acids is 1. The summed E-state index contributed by atoms with van der Waals surface area (Å²) in [5.41, 5.74) is 0. The van der Waals surface area contributed by atoms with E-state index >= 15 is 0 Å². The van der Waals surface area contributed by atoms with E-state index < -0.39 is 5.97 Å². The van der Waals surface area contributed by atoms with Gasteiger partial charge in [-0.15, -0.1) is 11.3 Å². The van der Waals surface area contributed by atoms with Crippen molar-refractivity contribution >= 4 is 17.3 Å². The number of carbonyl (C=O) groups is 1. The second kappa shape index (κ2) is 5.41. The Morgan fingerprint density at radius 1 is 1.69 bits per heavy atom. The molecule has 0 saturated carbocycles. The third-order valence-corrected chi connectivity index (χ3v) is 3.66. The van der Waals surface area contributed by atoms with Crippen LogP contribution in [-0.2, 0) is 22.4 Å². The number of thiazole rings is 1. The first-order valence-electron chi connectivity index (χ1n) is 5.47. The molecule has 0 radical (unpaired) electrons. The standard InChI is InChI=1S/C11H15NO3S/c13-11(14)5-9-6-12-10(16-9)4-8-2-1-3-15-7-8/h6,8H,1-5,7H2,(H,13,14). The first-order chi connectivity index (χ1) is 7.74. The lowest BCUT2D eigenvalue weighted by molar-refractivity contribution is -0.136. The summed E-state index contributed by atoms with van der Waals surface area (Å²) in [6, 6.07) is 0. The normalized spacial score (nSPS) is 20.9. The number of hydrogen-bond acceptors (Lipinski definition) is 4. The third kappa shape index (κ3) is 3.28. The number of nitrogens with zero attached hydrogens (tertiary/aromatic N) is 1.